The number of rotatable bonds is 3. The van der Waals surface area contributed by atoms with Gasteiger partial charge in [0.1, 0.15) is 0 Å². The van der Waals surface area contributed by atoms with Gasteiger partial charge in [-0.1, -0.05) is 32.0 Å². The van der Waals surface area contributed by atoms with Crippen molar-refractivity contribution in [3.8, 4) is 0 Å². The Bertz CT molecular complexity index is 570. The highest BCUT2D eigenvalue weighted by Crippen LogP contribution is 2.22. The van der Waals surface area contributed by atoms with E-state index < -0.39 is 0 Å². The van der Waals surface area contributed by atoms with Crippen LogP contribution in [0.1, 0.15) is 25.0 Å². The third-order valence-electron chi connectivity index (χ3n) is 2.87. The molecule has 1 aromatic carbocycles. The molecule has 3 heteroatoms. The molecule has 0 aliphatic heterocycles. The molecule has 0 radical (unpaired) electrons. The Balaban J connectivity index is 2.48. The first-order valence-corrected chi connectivity index (χ1v) is 7.21. The zero-order valence-electron chi connectivity index (χ0n) is 11.5. The fourth-order valence-electron chi connectivity index (χ4n) is 2.00. The highest BCUT2D eigenvalue weighted by atomic mass is 32.1. The van der Waals surface area contributed by atoms with Gasteiger partial charge in [0.2, 0.25) is 0 Å². The summed E-state index contributed by atoms with van der Waals surface area (Å²) >= 11 is 1.70. The molecule has 0 fully saturated rings. The van der Waals surface area contributed by atoms with Crippen LogP contribution in [0.3, 0.4) is 0 Å². The number of hydrogen-bond acceptors (Lipinski definition) is 2. The first-order chi connectivity index (χ1) is 8.58. The molecule has 0 saturated carbocycles. The Labute approximate surface area is 113 Å². The van der Waals surface area contributed by atoms with E-state index in [4.69, 9.17) is 4.99 Å². The normalized spacial score (nSPS) is 12.4. The van der Waals surface area contributed by atoms with Gasteiger partial charge in [0.25, 0.3) is 0 Å². The third kappa shape index (κ3) is 2.91. The second kappa shape index (κ2) is 5.53. The average Bonchev–Trinajstić information content (AvgIpc) is 2.70. The first kappa shape index (κ1) is 13.1. The minimum Gasteiger partial charge on any atom is -0.323 e. The highest BCUT2D eigenvalue weighted by Gasteiger charge is 2.02. The fraction of sp³-hybridized carbons (Fsp3) is 0.400. The maximum absolute atomic E-state index is 4.83. The van der Waals surface area contributed by atoms with Crippen molar-refractivity contribution < 1.29 is 0 Å². The van der Waals surface area contributed by atoms with E-state index in [1.165, 1.54) is 11.1 Å². The minimum absolute atomic E-state index is 0.636. The van der Waals surface area contributed by atoms with Crippen molar-refractivity contribution in [2.24, 2.45) is 10.9 Å². The molecule has 18 heavy (non-hydrogen) atoms. The maximum atomic E-state index is 4.83. The molecule has 2 nitrogen and oxygen atoms in total. The number of nitrogens with zero attached hydrogens (tertiary/aromatic N) is 2. The topological polar surface area (TPSA) is 17.3 Å². The molecule has 0 amide bonds. The van der Waals surface area contributed by atoms with Gasteiger partial charge in [0.05, 0.1) is 5.69 Å². The maximum Gasteiger partial charge on any atom is 0.189 e. The van der Waals surface area contributed by atoms with Gasteiger partial charge in [-0.3, -0.25) is 0 Å². The number of aromatic nitrogens is 1. The number of para-hydroxylation sites is 1. The van der Waals surface area contributed by atoms with Gasteiger partial charge in [-0.15, -0.1) is 11.3 Å². The minimum atomic E-state index is 0.636. The van der Waals surface area contributed by atoms with E-state index in [1.54, 1.807) is 11.3 Å². The third-order valence-corrected chi connectivity index (χ3v) is 3.66. The largest absolute Gasteiger partial charge is 0.323 e. The second-order valence-corrected chi connectivity index (χ2v) is 5.96. The van der Waals surface area contributed by atoms with E-state index in [0.717, 1.165) is 17.0 Å². The Morgan fingerprint density at radius 2 is 1.89 bits per heavy atom. The van der Waals surface area contributed by atoms with Crippen LogP contribution in [0.5, 0.6) is 0 Å². The van der Waals surface area contributed by atoms with Crippen LogP contribution in [0.2, 0.25) is 0 Å². The molecule has 0 aliphatic rings. The Morgan fingerprint density at radius 3 is 2.50 bits per heavy atom. The summed E-state index contributed by atoms with van der Waals surface area (Å²) in [7, 11) is 0. The Morgan fingerprint density at radius 1 is 1.22 bits per heavy atom. The molecular weight excluding hydrogens is 240 g/mol. The number of hydrogen-bond donors (Lipinski definition) is 0. The molecule has 96 valence electrons. The predicted octanol–water partition coefficient (Wildman–Crippen LogP) is 4.05. The van der Waals surface area contributed by atoms with Crippen molar-refractivity contribution in [1.82, 2.24) is 4.57 Å². The SMILES string of the molecule is Cc1cccc(C)c1N=c1sccn1CC(C)C. The van der Waals surface area contributed by atoms with E-state index in [2.05, 4.69) is 62.0 Å². The monoisotopic (exact) mass is 260 g/mol. The average molecular weight is 260 g/mol. The molecular formula is C15H20N2S. The molecule has 0 saturated heterocycles. The van der Waals surface area contributed by atoms with E-state index in [9.17, 15) is 0 Å². The van der Waals surface area contributed by atoms with Crippen LogP contribution in [0.4, 0.5) is 5.69 Å². The van der Waals surface area contributed by atoms with Gasteiger partial charge in [-0.25, -0.2) is 4.99 Å². The van der Waals surface area contributed by atoms with Crippen molar-refractivity contribution in [3.63, 3.8) is 0 Å². The summed E-state index contributed by atoms with van der Waals surface area (Å²) in [5, 5.41) is 2.11. The number of thiazole rings is 1. The number of benzene rings is 1. The molecule has 0 spiro atoms. The summed E-state index contributed by atoms with van der Waals surface area (Å²) in [5.74, 6) is 0.636. The molecule has 1 heterocycles. The molecule has 0 unspecified atom stereocenters. The lowest BCUT2D eigenvalue weighted by Gasteiger charge is -2.07. The van der Waals surface area contributed by atoms with E-state index in [1.807, 2.05) is 0 Å². The van der Waals surface area contributed by atoms with Crippen molar-refractivity contribution >= 4 is 17.0 Å². The van der Waals surface area contributed by atoms with Crippen LogP contribution in [0.15, 0.2) is 34.8 Å². The Hall–Kier alpha value is -1.35. The summed E-state index contributed by atoms with van der Waals surface area (Å²) in [6.07, 6.45) is 2.12. The van der Waals surface area contributed by atoms with Crippen molar-refractivity contribution in [1.29, 1.82) is 0 Å². The molecule has 2 rings (SSSR count). The van der Waals surface area contributed by atoms with Crippen LogP contribution in [-0.2, 0) is 6.54 Å². The van der Waals surface area contributed by atoms with Crippen LogP contribution in [0, 0.1) is 19.8 Å². The van der Waals surface area contributed by atoms with Crippen molar-refractivity contribution in [2.75, 3.05) is 0 Å². The lowest BCUT2D eigenvalue weighted by Crippen LogP contribution is -2.16. The van der Waals surface area contributed by atoms with Crippen LogP contribution < -0.4 is 4.80 Å². The van der Waals surface area contributed by atoms with Crippen LogP contribution >= 0.6 is 11.3 Å². The second-order valence-electron chi connectivity index (χ2n) is 5.08. The van der Waals surface area contributed by atoms with Gasteiger partial charge < -0.3 is 4.57 Å². The lowest BCUT2D eigenvalue weighted by molar-refractivity contribution is 0.514. The van der Waals surface area contributed by atoms with Crippen molar-refractivity contribution in [2.45, 2.75) is 34.2 Å². The van der Waals surface area contributed by atoms with Gasteiger partial charge in [0, 0.05) is 18.1 Å². The summed E-state index contributed by atoms with van der Waals surface area (Å²) in [4.78, 5) is 5.92. The summed E-state index contributed by atoms with van der Waals surface area (Å²) in [6.45, 7) is 9.71. The molecule has 0 bridgehead atoms. The quantitative estimate of drug-likeness (QED) is 0.792. The van der Waals surface area contributed by atoms with E-state index in [0.29, 0.717) is 5.92 Å². The van der Waals surface area contributed by atoms with Crippen LogP contribution in [-0.4, -0.2) is 4.57 Å². The van der Waals surface area contributed by atoms with Gasteiger partial charge in [0.15, 0.2) is 4.80 Å². The van der Waals surface area contributed by atoms with E-state index >= 15 is 0 Å². The summed E-state index contributed by atoms with van der Waals surface area (Å²) in [6, 6.07) is 6.32. The summed E-state index contributed by atoms with van der Waals surface area (Å²) in [5.41, 5.74) is 3.58. The van der Waals surface area contributed by atoms with Crippen molar-refractivity contribution in [3.05, 3.63) is 45.7 Å². The molecule has 0 atom stereocenters. The first-order valence-electron chi connectivity index (χ1n) is 6.33. The lowest BCUT2D eigenvalue weighted by atomic mass is 10.1. The van der Waals surface area contributed by atoms with Gasteiger partial charge in [-0.2, -0.15) is 0 Å². The summed E-state index contributed by atoms with van der Waals surface area (Å²) < 4.78 is 2.24. The molecule has 2 aromatic rings. The standard InChI is InChI=1S/C15H20N2S/c1-11(2)10-17-8-9-18-15(17)16-14-12(3)6-5-7-13(14)4/h5-9,11H,10H2,1-4H3. The fourth-order valence-corrected chi connectivity index (χ4v) is 2.74. The molecule has 0 aliphatic carbocycles. The predicted molar refractivity (Wildman–Crippen MR) is 78.3 cm³/mol. The van der Waals surface area contributed by atoms with Gasteiger partial charge in [-0.05, 0) is 30.9 Å². The van der Waals surface area contributed by atoms with E-state index in [-0.39, 0.29) is 0 Å². The highest BCUT2D eigenvalue weighted by molar-refractivity contribution is 7.07. The molecule has 1 aromatic heterocycles. The number of aryl methyl sites for hydroxylation is 2. The smallest absolute Gasteiger partial charge is 0.189 e. The zero-order chi connectivity index (χ0) is 13.1. The van der Waals surface area contributed by atoms with Crippen LogP contribution in [0.25, 0.3) is 0 Å². The molecule has 0 N–H and O–H groups in total. The zero-order valence-corrected chi connectivity index (χ0v) is 12.3. The Kier molecular flexibility index (Phi) is 4.02. The van der Waals surface area contributed by atoms with Gasteiger partial charge >= 0.3 is 0 Å².